The highest BCUT2D eigenvalue weighted by Gasteiger charge is 2.44. The molecule has 1 fully saturated rings. The summed E-state index contributed by atoms with van der Waals surface area (Å²) < 4.78 is 0. The Morgan fingerprint density at radius 1 is 1.00 bits per heavy atom. The first-order valence-corrected chi connectivity index (χ1v) is 3.90. The maximum absolute atomic E-state index is 10.5. The van der Waals surface area contributed by atoms with Gasteiger partial charge in [0, 0.05) is 0 Å². The van der Waals surface area contributed by atoms with Crippen molar-refractivity contribution in [2.45, 2.75) is 30.8 Å². The standard InChI is InChI=1S/C7H12O6/c8-3-1-2(7(12)13)4(9)6(11)5(3)10/h2-6,8-11H,1H2,(H,12,13)/t2?,3-,4-,5?,6-/m1/s1. The highest BCUT2D eigenvalue weighted by atomic mass is 16.4. The van der Waals surface area contributed by atoms with Crippen molar-refractivity contribution in [1.82, 2.24) is 0 Å². The lowest BCUT2D eigenvalue weighted by Crippen LogP contribution is -2.55. The molecule has 0 aliphatic heterocycles. The van der Waals surface area contributed by atoms with Crippen molar-refractivity contribution in [2.24, 2.45) is 5.92 Å². The van der Waals surface area contributed by atoms with Crippen LogP contribution in [0.25, 0.3) is 0 Å². The first-order chi connectivity index (χ1) is 5.95. The molecular formula is C7H12O6. The molecule has 0 amide bonds. The second kappa shape index (κ2) is 3.59. The van der Waals surface area contributed by atoms with Gasteiger partial charge in [0.2, 0.25) is 0 Å². The van der Waals surface area contributed by atoms with Gasteiger partial charge in [-0.1, -0.05) is 0 Å². The molecule has 1 aliphatic carbocycles. The minimum Gasteiger partial charge on any atom is -0.481 e. The molecular weight excluding hydrogens is 180 g/mol. The quantitative estimate of drug-likeness (QED) is 0.314. The Morgan fingerprint density at radius 3 is 2.00 bits per heavy atom. The molecule has 0 saturated heterocycles. The van der Waals surface area contributed by atoms with Crippen LogP contribution < -0.4 is 0 Å². The van der Waals surface area contributed by atoms with Crippen LogP contribution in [0, 0.1) is 5.92 Å². The van der Waals surface area contributed by atoms with E-state index >= 15 is 0 Å². The van der Waals surface area contributed by atoms with Gasteiger partial charge in [0.1, 0.15) is 12.2 Å². The van der Waals surface area contributed by atoms with E-state index in [4.69, 9.17) is 20.4 Å². The molecule has 6 heteroatoms. The van der Waals surface area contributed by atoms with E-state index in [1.807, 2.05) is 0 Å². The molecule has 1 aliphatic rings. The second-order valence-electron chi connectivity index (χ2n) is 3.22. The lowest BCUT2D eigenvalue weighted by molar-refractivity contribution is -0.178. The normalized spacial score (nSPS) is 46.0. The fourth-order valence-corrected chi connectivity index (χ4v) is 1.45. The Balaban J connectivity index is 2.76. The van der Waals surface area contributed by atoms with Gasteiger partial charge in [-0.3, -0.25) is 4.79 Å². The third-order valence-electron chi connectivity index (χ3n) is 2.32. The number of hydrogen-bond acceptors (Lipinski definition) is 5. The first kappa shape index (κ1) is 10.4. The fourth-order valence-electron chi connectivity index (χ4n) is 1.45. The number of hydrogen-bond donors (Lipinski definition) is 5. The van der Waals surface area contributed by atoms with Crippen LogP contribution in [0.4, 0.5) is 0 Å². The van der Waals surface area contributed by atoms with Crippen molar-refractivity contribution in [3.05, 3.63) is 0 Å². The molecule has 0 spiro atoms. The zero-order valence-corrected chi connectivity index (χ0v) is 6.74. The summed E-state index contributed by atoms with van der Waals surface area (Å²) >= 11 is 0. The number of carboxylic acids is 1. The molecule has 2 unspecified atom stereocenters. The van der Waals surface area contributed by atoms with E-state index in [-0.39, 0.29) is 6.42 Å². The molecule has 0 bridgehead atoms. The first-order valence-electron chi connectivity index (χ1n) is 3.90. The Hall–Kier alpha value is -0.690. The Kier molecular flexibility index (Phi) is 2.87. The van der Waals surface area contributed by atoms with Crippen LogP contribution in [0.5, 0.6) is 0 Å². The van der Waals surface area contributed by atoms with Gasteiger partial charge in [0.05, 0.1) is 18.1 Å². The topological polar surface area (TPSA) is 118 Å². The van der Waals surface area contributed by atoms with E-state index in [1.54, 1.807) is 0 Å². The van der Waals surface area contributed by atoms with Crippen LogP contribution in [-0.4, -0.2) is 55.9 Å². The fraction of sp³-hybridized carbons (Fsp3) is 0.857. The van der Waals surface area contributed by atoms with Crippen LogP contribution in [0.15, 0.2) is 0 Å². The third kappa shape index (κ3) is 1.80. The van der Waals surface area contributed by atoms with E-state index in [0.717, 1.165) is 0 Å². The largest absolute Gasteiger partial charge is 0.481 e. The predicted molar refractivity (Wildman–Crippen MR) is 39.8 cm³/mol. The van der Waals surface area contributed by atoms with Crippen molar-refractivity contribution in [1.29, 1.82) is 0 Å². The summed E-state index contributed by atoms with van der Waals surface area (Å²) in [7, 11) is 0. The average molecular weight is 192 g/mol. The van der Waals surface area contributed by atoms with E-state index < -0.39 is 36.3 Å². The van der Waals surface area contributed by atoms with E-state index in [0.29, 0.717) is 0 Å². The van der Waals surface area contributed by atoms with Crippen LogP contribution in [0.2, 0.25) is 0 Å². The molecule has 5 atom stereocenters. The van der Waals surface area contributed by atoms with Gasteiger partial charge in [-0.2, -0.15) is 0 Å². The van der Waals surface area contributed by atoms with E-state index in [1.165, 1.54) is 0 Å². The zero-order valence-electron chi connectivity index (χ0n) is 6.74. The number of rotatable bonds is 1. The molecule has 0 aromatic carbocycles. The molecule has 6 nitrogen and oxygen atoms in total. The summed E-state index contributed by atoms with van der Waals surface area (Å²) in [5.74, 6) is -2.52. The highest BCUT2D eigenvalue weighted by Crippen LogP contribution is 2.25. The third-order valence-corrected chi connectivity index (χ3v) is 2.32. The number of aliphatic hydroxyl groups is 4. The second-order valence-corrected chi connectivity index (χ2v) is 3.22. The molecule has 0 aromatic rings. The van der Waals surface area contributed by atoms with Crippen molar-refractivity contribution in [3.63, 3.8) is 0 Å². The number of aliphatic carboxylic acids is 1. The van der Waals surface area contributed by atoms with Gasteiger partial charge in [0.15, 0.2) is 0 Å². The summed E-state index contributed by atoms with van der Waals surface area (Å²) in [6.07, 6.45) is -6.18. The molecule has 1 saturated carbocycles. The average Bonchev–Trinajstić information content (AvgIpc) is 2.07. The van der Waals surface area contributed by atoms with Crippen molar-refractivity contribution in [3.8, 4) is 0 Å². The lowest BCUT2D eigenvalue weighted by Gasteiger charge is -2.36. The molecule has 0 heterocycles. The molecule has 0 aromatic heterocycles. The minimum absolute atomic E-state index is 0.255. The van der Waals surface area contributed by atoms with Crippen LogP contribution in [-0.2, 0) is 4.79 Å². The molecule has 13 heavy (non-hydrogen) atoms. The Morgan fingerprint density at radius 2 is 1.54 bits per heavy atom. The summed E-state index contributed by atoms with van der Waals surface area (Å²) in [6.45, 7) is 0. The number of aliphatic hydroxyl groups excluding tert-OH is 4. The van der Waals surface area contributed by atoms with Gasteiger partial charge >= 0.3 is 5.97 Å². The molecule has 5 N–H and O–H groups in total. The summed E-state index contributed by atoms with van der Waals surface area (Å²) in [6, 6.07) is 0. The summed E-state index contributed by atoms with van der Waals surface area (Å²) in [4.78, 5) is 10.5. The number of carboxylic acid groups (broad SMARTS) is 1. The van der Waals surface area contributed by atoms with Gasteiger partial charge in [0.25, 0.3) is 0 Å². The Labute approximate surface area is 74.1 Å². The van der Waals surface area contributed by atoms with Gasteiger partial charge in [-0.25, -0.2) is 0 Å². The molecule has 1 rings (SSSR count). The van der Waals surface area contributed by atoms with Crippen LogP contribution in [0.1, 0.15) is 6.42 Å². The van der Waals surface area contributed by atoms with Crippen molar-refractivity contribution < 1.29 is 30.3 Å². The number of carbonyl (C=O) groups is 1. The van der Waals surface area contributed by atoms with Crippen molar-refractivity contribution >= 4 is 5.97 Å². The zero-order chi connectivity index (χ0) is 10.2. The molecule has 0 radical (unpaired) electrons. The highest BCUT2D eigenvalue weighted by molar-refractivity contribution is 5.71. The Bertz CT molecular complexity index is 205. The van der Waals surface area contributed by atoms with E-state index in [9.17, 15) is 9.90 Å². The molecule has 76 valence electrons. The lowest BCUT2D eigenvalue weighted by atomic mass is 9.81. The van der Waals surface area contributed by atoms with Crippen LogP contribution in [0.3, 0.4) is 0 Å². The van der Waals surface area contributed by atoms with E-state index in [2.05, 4.69) is 0 Å². The van der Waals surface area contributed by atoms with Crippen LogP contribution >= 0.6 is 0 Å². The maximum atomic E-state index is 10.5. The van der Waals surface area contributed by atoms with Gasteiger partial charge < -0.3 is 25.5 Å². The van der Waals surface area contributed by atoms with Gasteiger partial charge in [-0.15, -0.1) is 0 Å². The predicted octanol–water partition coefficient (Wildman–Crippen LogP) is -2.47. The van der Waals surface area contributed by atoms with Gasteiger partial charge in [-0.05, 0) is 6.42 Å². The SMILES string of the molecule is O=C(O)C1C[C@@H](O)C(O)[C@H](O)[C@@H]1O. The maximum Gasteiger partial charge on any atom is 0.309 e. The van der Waals surface area contributed by atoms with Crippen molar-refractivity contribution in [2.75, 3.05) is 0 Å². The summed E-state index contributed by atoms with van der Waals surface area (Å²) in [5, 5.41) is 45.0. The smallest absolute Gasteiger partial charge is 0.309 e. The monoisotopic (exact) mass is 192 g/mol. The minimum atomic E-state index is -1.61. The summed E-state index contributed by atoms with van der Waals surface area (Å²) in [5.41, 5.74) is 0.